The van der Waals surface area contributed by atoms with E-state index in [2.05, 4.69) is 5.32 Å². The van der Waals surface area contributed by atoms with Gasteiger partial charge in [-0.05, 0) is 37.9 Å². The summed E-state index contributed by atoms with van der Waals surface area (Å²) >= 11 is 0. The number of nitrogens with one attached hydrogen (secondary N) is 1. The highest BCUT2D eigenvalue weighted by molar-refractivity contribution is 5.85. The van der Waals surface area contributed by atoms with Gasteiger partial charge in [0.15, 0.2) is 6.61 Å². The highest BCUT2D eigenvalue weighted by Crippen LogP contribution is 2.21. The van der Waals surface area contributed by atoms with Crippen LogP contribution in [0.3, 0.4) is 0 Å². The van der Waals surface area contributed by atoms with Gasteiger partial charge >= 0.3 is 0 Å². The number of para-hydroxylation sites is 1. The Morgan fingerprint density at radius 3 is 2.50 bits per heavy atom. The lowest BCUT2D eigenvalue weighted by Crippen LogP contribution is -2.47. The molecular weight excluding hydrogens is 354 g/mol. The topological polar surface area (TPSA) is 61.9 Å². The van der Waals surface area contributed by atoms with E-state index in [9.17, 15) is 9.59 Å². The van der Waals surface area contributed by atoms with Gasteiger partial charge in [-0.1, -0.05) is 18.2 Å². The maximum Gasteiger partial charge on any atom is 0.260 e. The number of likely N-dealkylation sites (tertiary alicyclic amines) is 1. The summed E-state index contributed by atoms with van der Waals surface area (Å²) in [4.78, 5) is 28.6. The molecule has 144 valence electrons. The number of likely N-dealkylation sites (N-methyl/N-ethyl adjacent to an activating group) is 1. The molecular formula is C19H28ClN3O3. The van der Waals surface area contributed by atoms with Crippen molar-refractivity contribution in [1.29, 1.82) is 0 Å². The van der Waals surface area contributed by atoms with Gasteiger partial charge in [-0.3, -0.25) is 9.59 Å². The molecule has 2 aliphatic rings. The van der Waals surface area contributed by atoms with Gasteiger partial charge in [0.1, 0.15) is 5.75 Å². The molecule has 3 rings (SSSR count). The van der Waals surface area contributed by atoms with Gasteiger partial charge in [-0.2, -0.15) is 0 Å². The summed E-state index contributed by atoms with van der Waals surface area (Å²) in [5.74, 6) is 0.946. The number of amides is 2. The Morgan fingerprint density at radius 1 is 1.19 bits per heavy atom. The van der Waals surface area contributed by atoms with E-state index in [0.717, 1.165) is 32.4 Å². The normalized spacial score (nSPS) is 20.3. The summed E-state index contributed by atoms with van der Waals surface area (Å²) < 4.78 is 5.53. The van der Waals surface area contributed by atoms with Crippen LogP contribution >= 0.6 is 12.4 Å². The fraction of sp³-hybridized carbons (Fsp3) is 0.579. The summed E-state index contributed by atoms with van der Waals surface area (Å²) in [6.07, 6.45) is 2.50. The summed E-state index contributed by atoms with van der Waals surface area (Å²) in [6, 6.07) is 9.67. The largest absolute Gasteiger partial charge is 0.484 e. The van der Waals surface area contributed by atoms with Gasteiger partial charge in [-0.15, -0.1) is 12.4 Å². The number of hydrogen-bond donors (Lipinski definition) is 1. The smallest absolute Gasteiger partial charge is 0.260 e. The van der Waals surface area contributed by atoms with E-state index in [0.29, 0.717) is 24.9 Å². The lowest BCUT2D eigenvalue weighted by molar-refractivity contribution is -0.141. The molecule has 1 atom stereocenters. The van der Waals surface area contributed by atoms with Crippen LogP contribution in [0.2, 0.25) is 0 Å². The lowest BCUT2D eigenvalue weighted by atomic mass is 9.94. The van der Waals surface area contributed by atoms with Crippen molar-refractivity contribution in [2.45, 2.75) is 25.3 Å². The number of nitrogens with zero attached hydrogens (tertiary/aromatic N) is 2. The molecule has 2 aliphatic heterocycles. The van der Waals surface area contributed by atoms with Crippen LogP contribution in [-0.2, 0) is 9.59 Å². The highest BCUT2D eigenvalue weighted by atomic mass is 35.5. The van der Waals surface area contributed by atoms with E-state index in [1.165, 1.54) is 0 Å². The third-order valence-corrected chi connectivity index (χ3v) is 5.23. The molecule has 0 spiro atoms. The minimum atomic E-state index is -0.0110. The molecule has 0 radical (unpaired) electrons. The van der Waals surface area contributed by atoms with Crippen LogP contribution in [0.1, 0.15) is 19.3 Å². The van der Waals surface area contributed by atoms with Gasteiger partial charge in [0.25, 0.3) is 5.91 Å². The third-order valence-electron chi connectivity index (χ3n) is 5.23. The van der Waals surface area contributed by atoms with Gasteiger partial charge < -0.3 is 19.9 Å². The van der Waals surface area contributed by atoms with Gasteiger partial charge in [0, 0.05) is 38.6 Å². The second-order valence-corrected chi connectivity index (χ2v) is 6.85. The zero-order valence-corrected chi connectivity index (χ0v) is 16.0. The Morgan fingerprint density at radius 2 is 1.88 bits per heavy atom. The molecule has 1 aromatic carbocycles. The average molecular weight is 382 g/mol. The fourth-order valence-electron chi connectivity index (χ4n) is 3.57. The number of carbonyl (C=O) groups excluding carboxylic acids is 2. The molecule has 0 aliphatic carbocycles. The number of ether oxygens (including phenoxy) is 1. The predicted octanol–water partition coefficient (Wildman–Crippen LogP) is 1.55. The SMILES string of the molecule is CN(C(=O)C1CCN(C(=O)COc2ccccc2)CC1)C1CCNC1.Cl. The first-order valence-corrected chi connectivity index (χ1v) is 9.08. The Balaban J connectivity index is 0.00000243. The molecule has 2 fully saturated rings. The fourth-order valence-corrected chi connectivity index (χ4v) is 3.57. The molecule has 7 heteroatoms. The molecule has 2 heterocycles. The average Bonchev–Trinajstić information content (AvgIpc) is 3.20. The molecule has 2 amide bonds. The van der Waals surface area contributed by atoms with E-state index < -0.39 is 0 Å². The summed E-state index contributed by atoms with van der Waals surface area (Å²) in [5.41, 5.74) is 0. The Kier molecular flexibility index (Phi) is 7.72. The first-order chi connectivity index (χ1) is 12.1. The van der Waals surface area contributed by atoms with Crippen LogP contribution in [0.4, 0.5) is 0 Å². The molecule has 26 heavy (non-hydrogen) atoms. The quantitative estimate of drug-likeness (QED) is 0.840. The first-order valence-electron chi connectivity index (χ1n) is 9.08. The van der Waals surface area contributed by atoms with Crippen LogP contribution in [-0.4, -0.2) is 67.5 Å². The molecule has 1 unspecified atom stereocenters. The molecule has 2 saturated heterocycles. The van der Waals surface area contributed by atoms with Crippen LogP contribution < -0.4 is 10.1 Å². The number of halogens is 1. The molecule has 6 nitrogen and oxygen atoms in total. The number of carbonyl (C=O) groups is 2. The van der Waals surface area contributed by atoms with Crippen molar-refractivity contribution >= 4 is 24.2 Å². The van der Waals surface area contributed by atoms with E-state index in [1.807, 2.05) is 47.2 Å². The molecule has 0 aromatic heterocycles. The Bertz CT molecular complexity index is 585. The third kappa shape index (κ3) is 5.11. The van der Waals surface area contributed by atoms with Crippen molar-refractivity contribution in [2.75, 3.05) is 39.8 Å². The van der Waals surface area contributed by atoms with E-state index in [4.69, 9.17) is 4.74 Å². The monoisotopic (exact) mass is 381 g/mol. The Hall–Kier alpha value is -1.79. The molecule has 0 saturated carbocycles. The van der Waals surface area contributed by atoms with E-state index in [-0.39, 0.29) is 36.7 Å². The van der Waals surface area contributed by atoms with Gasteiger partial charge in [0.2, 0.25) is 5.91 Å². The number of rotatable bonds is 5. The van der Waals surface area contributed by atoms with Crippen LogP contribution in [0.25, 0.3) is 0 Å². The van der Waals surface area contributed by atoms with Crippen molar-refractivity contribution < 1.29 is 14.3 Å². The summed E-state index contributed by atoms with van der Waals surface area (Å²) in [6.45, 7) is 3.18. The van der Waals surface area contributed by atoms with Gasteiger partial charge in [0.05, 0.1) is 0 Å². The van der Waals surface area contributed by atoms with Crippen molar-refractivity contribution in [1.82, 2.24) is 15.1 Å². The minimum Gasteiger partial charge on any atom is -0.484 e. The Labute approximate surface area is 161 Å². The standard InChI is InChI=1S/C19H27N3O3.ClH/c1-21(16-7-10-20-13-16)19(24)15-8-11-22(12-9-15)18(23)14-25-17-5-3-2-4-6-17;/h2-6,15-16,20H,7-14H2,1H3;1H. The highest BCUT2D eigenvalue weighted by Gasteiger charge is 2.32. The molecule has 0 bridgehead atoms. The van der Waals surface area contributed by atoms with E-state index in [1.54, 1.807) is 0 Å². The van der Waals surface area contributed by atoms with Crippen LogP contribution in [0, 0.1) is 5.92 Å². The summed E-state index contributed by atoms with van der Waals surface area (Å²) in [5, 5.41) is 3.30. The van der Waals surface area contributed by atoms with E-state index >= 15 is 0 Å². The van der Waals surface area contributed by atoms with Crippen LogP contribution in [0.15, 0.2) is 30.3 Å². The number of hydrogen-bond acceptors (Lipinski definition) is 4. The summed E-state index contributed by atoms with van der Waals surface area (Å²) in [7, 11) is 1.91. The maximum absolute atomic E-state index is 12.6. The minimum absolute atomic E-state index is 0. The second kappa shape index (κ2) is 9.78. The second-order valence-electron chi connectivity index (χ2n) is 6.85. The zero-order chi connectivity index (χ0) is 17.6. The van der Waals surface area contributed by atoms with Gasteiger partial charge in [-0.25, -0.2) is 0 Å². The number of piperidine rings is 1. The van der Waals surface area contributed by atoms with Crippen molar-refractivity contribution in [3.8, 4) is 5.75 Å². The molecule has 1 N–H and O–H groups in total. The molecule has 1 aromatic rings. The zero-order valence-electron chi connectivity index (χ0n) is 15.2. The van der Waals surface area contributed by atoms with Crippen molar-refractivity contribution in [3.05, 3.63) is 30.3 Å². The van der Waals surface area contributed by atoms with Crippen molar-refractivity contribution in [2.24, 2.45) is 5.92 Å². The number of benzene rings is 1. The van der Waals surface area contributed by atoms with Crippen LogP contribution in [0.5, 0.6) is 5.75 Å². The predicted molar refractivity (Wildman–Crippen MR) is 103 cm³/mol. The van der Waals surface area contributed by atoms with Crippen molar-refractivity contribution in [3.63, 3.8) is 0 Å². The maximum atomic E-state index is 12.6. The lowest BCUT2D eigenvalue weighted by Gasteiger charge is -2.34. The first kappa shape index (κ1) is 20.5.